The lowest BCUT2D eigenvalue weighted by Gasteiger charge is -2.21. The van der Waals surface area contributed by atoms with E-state index in [1.807, 2.05) is 48.5 Å². The van der Waals surface area contributed by atoms with Gasteiger partial charge in [0.15, 0.2) is 6.10 Å². The van der Waals surface area contributed by atoms with Crippen molar-refractivity contribution in [1.82, 2.24) is 5.32 Å². The summed E-state index contributed by atoms with van der Waals surface area (Å²) < 4.78 is 6.13. The molecule has 2 aromatic carbocycles. The van der Waals surface area contributed by atoms with E-state index in [0.717, 1.165) is 27.8 Å². The molecule has 1 aromatic heterocycles. The molecule has 0 unspecified atom stereocenters. The van der Waals surface area contributed by atoms with Crippen LogP contribution in [0.3, 0.4) is 0 Å². The zero-order valence-electron chi connectivity index (χ0n) is 16.2. The van der Waals surface area contributed by atoms with Gasteiger partial charge in [-0.05, 0) is 31.0 Å². The van der Waals surface area contributed by atoms with Crippen molar-refractivity contribution in [3.63, 3.8) is 0 Å². The normalized spacial score (nSPS) is 13.7. The van der Waals surface area contributed by atoms with E-state index in [-0.39, 0.29) is 12.5 Å². The van der Waals surface area contributed by atoms with Gasteiger partial charge in [0.1, 0.15) is 11.4 Å². The fraction of sp³-hybridized carbons (Fsp3) is 0.227. The van der Waals surface area contributed by atoms with Gasteiger partial charge in [0.25, 0.3) is 11.8 Å². The van der Waals surface area contributed by atoms with Crippen LogP contribution in [0.1, 0.15) is 22.2 Å². The molecule has 0 spiro atoms. The van der Waals surface area contributed by atoms with Gasteiger partial charge in [-0.3, -0.25) is 14.4 Å². The molecule has 1 aliphatic heterocycles. The number of rotatable bonds is 5. The number of amides is 2. The standard InChI is InChI=1S/C22H19ClN2O4S/c1-13(22(28)25-11-10-14-6-2-4-8-16(14)25)29-18(26)12-24-21(27)20-19(23)15-7-3-5-9-17(15)30-20/h2-9,13H,10-12H2,1H3,(H,24,27)/t13-/m0/s1. The van der Waals surface area contributed by atoms with Crippen molar-refractivity contribution in [3.05, 3.63) is 64.0 Å². The number of thiophene rings is 1. The van der Waals surface area contributed by atoms with Crippen LogP contribution >= 0.6 is 22.9 Å². The molecule has 0 aliphatic carbocycles. The maximum Gasteiger partial charge on any atom is 0.326 e. The zero-order chi connectivity index (χ0) is 21.3. The lowest BCUT2D eigenvalue weighted by atomic mass is 10.2. The topological polar surface area (TPSA) is 75.7 Å². The van der Waals surface area contributed by atoms with E-state index in [4.69, 9.17) is 16.3 Å². The zero-order valence-corrected chi connectivity index (χ0v) is 17.8. The Labute approximate surface area is 182 Å². The summed E-state index contributed by atoms with van der Waals surface area (Å²) in [6.07, 6.45) is -0.178. The van der Waals surface area contributed by atoms with Gasteiger partial charge in [-0.2, -0.15) is 0 Å². The lowest BCUT2D eigenvalue weighted by molar-refractivity contribution is -0.152. The maximum atomic E-state index is 12.7. The van der Waals surface area contributed by atoms with Crippen LogP contribution in [0.2, 0.25) is 5.02 Å². The van der Waals surface area contributed by atoms with Crippen molar-refractivity contribution in [2.24, 2.45) is 0 Å². The van der Waals surface area contributed by atoms with Crippen molar-refractivity contribution >= 4 is 56.5 Å². The van der Waals surface area contributed by atoms with Gasteiger partial charge in [-0.15, -0.1) is 11.3 Å². The Balaban J connectivity index is 1.34. The number of hydrogen-bond acceptors (Lipinski definition) is 5. The van der Waals surface area contributed by atoms with Gasteiger partial charge in [0.05, 0.1) is 5.02 Å². The quantitative estimate of drug-likeness (QED) is 0.610. The molecule has 3 aromatic rings. The molecular weight excluding hydrogens is 424 g/mol. The molecule has 2 heterocycles. The fourth-order valence-electron chi connectivity index (χ4n) is 3.47. The molecule has 30 heavy (non-hydrogen) atoms. The second-order valence-corrected chi connectivity index (χ2v) is 8.35. The van der Waals surface area contributed by atoms with E-state index in [9.17, 15) is 14.4 Å². The highest BCUT2D eigenvalue weighted by Crippen LogP contribution is 2.35. The molecule has 154 valence electrons. The summed E-state index contributed by atoms with van der Waals surface area (Å²) in [6.45, 7) is 1.74. The number of benzene rings is 2. The SMILES string of the molecule is C[C@H](OC(=O)CNC(=O)c1sc2ccccc2c1Cl)C(=O)N1CCc2ccccc21. The van der Waals surface area contributed by atoms with Gasteiger partial charge >= 0.3 is 5.97 Å². The Morgan fingerprint density at radius 1 is 1.17 bits per heavy atom. The maximum absolute atomic E-state index is 12.7. The van der Waals surface area contributed by atoms with Crippen LogP contribution in [-0.4, -0.2) is 37.0 Å². The first-order valence-corrected chi connectivity index (χ1v) is 10.7. The molecule has 1 N–H and O–H groups in total. The third kappa shape index (κ3) is 3.91. The summed E-state index contributed by atoms with van der Waals surface area (Å²) in [6, 6.07) is 15.1. The minimum Gasteiger partial charge on any atom is -0.451 e. The smallest absolute Gasteiger partial charge is 0.326 e. The second-order valence-electron chi connectivity index (χ2n) is 6.92. The Morgan fingerprint density at radius 2 is 1.90 bits per heavy atom. The monoisotopic (exact) mass is 442 g/mol. The third-order valence-corrected chi connectivity index (χ3v) is 6.62. The highest BCUT2D eigenvalue weighted by molar-refractivity contribution is 7.21. The van der Waals surface area contributed by atoms with E-state index in [1.54, 1.807) is 4.90 Å². The molecule has 0 bridgehead atoms. The number of esters is 1. The summed E-state index contributed by atoms with van der Waals surface area (Å²) in [4.78, 5) is 39.3. The van der Waals surface area contributed by atoms with Crippen molar-refractivity contribution in [2.75, 3.05) is 18.0 Å². The van der Waals surface area contributed by atoms with Crippen molar-refractivity contribution in [1.29, 1.82) is 0 Å². The molecule has 1 aliphatic rings. The number of nitrogens with zero attached hydrogens (tertiary/aromatic N) is 1. The van der Waals surface area contributed by atoms with Crippen LogP contribution in [-0.2, 0) is 20.7 Å². The third-order valence-electron chi connectivity index (χ3n) is 4.94. The number of fused-ring (bicyclic) bond motifs is 2. The number of carbonyl (C=O) groups excluding carboxylic acids is 3. The Morgan fingerprint density at radius 3 is 2.70 bits per heavy atom. The summed E-state index contributed by atoms with van der Waals surface area (Å²) in [7, 11) is 0. The van der Waals surface area contributed by atoms with Crippen molar-refractivity contribution in [2.45, 2.75) is 19.4 Å². The van der Waals surface area contributed by atoms with Crippen molar-refractivity contribution < 1.29 is 19.1 Å². The number of nitrogens with one attached hydrogen (secondary N) is 1. The fourth-order valence-corrected chi connectivity index (χ4v) is 4.90. The van der Waals surface area contributed by atoms with E-state index in [0.29, 0.717) is 16.4 Å². The predicted molar refractivity (Wildman–Crippen MR) is 117 cm³/mol. The molecule has 6 nitrogen and oxygen atoms in total. The summed E-state index contributed by atoms with van der Waals surface area (Å²) >= 11 is 7.55. The molecule has 0 fully saturated rings. The number of para-hydroxylation sites is 1. The van der Waals surface area contributed by atoms with Crippen LogP contribution in [0.15, 0.2) is 48.5 Å². The van der Waals surface area contributed by atoms with Gasteiger partial charge in [0.2, 0.25) is 0 Å². The van der Waals surface area contributed by atoms with Crippen LogP contribution in [0, 0.1) is 0 Å². The summed E-state index contributed by atoms with van der Waals surface area (Å²) in [5, 5.41) is 3.67. The van der Waals surface area contributed by atoms with E-state index in [1.165, 1.54) is 18.3 Å². The minimum absolute atomic E-state index is 0.285. The van der Waals surface area contributed by atoms with Gasteiger partial charge in [-0.25, -0.2) is 0 Å². The number of carbonyl (C=O) groups is 3. The molecule has 1 atom stereocenters. The molecule has 0 saturated heterocycles. The van der Waals surface area contributed by atoms with Crippen molar-refractivity contribution in [3.8, 4) is 0 Å². The highest BCUT2D eigenvalue weighted by Gasteiger charge is 2.29. The summed E-state index contributed by atoms with van der Waals surface area (Å²) in [5.74, 6) is -1.42. The molecule has 2 amide bonds. The first-order chi connectivity index (χ1) is 14.5. The molecular formula is C22H19ClN2O4S. The molecule has 8 heteroatoms. The van der Waals surface area contributed by atoms with Crippen LogP contribution in [0.4, 0.5) is 5.69 Å². The average molecular weight is 443 g/mol. The molecule has 0 saturated carbocycles. The first-order valence-electron chi connectivity index (χ1n) is 9.49. The number of anilines is 1. The van der Waals surface area contributed by atoms with E-state index >= 15 is 0 Å². The molecule has 4 rings (SSSR count). The Bertz CT molecular complexity index is 1140. The van der Waals surface area contributed by atoms with Crippen LogP contribution in [0.25, 0.3) is 10.1 Å². The number of ether oxygens (including phenoxy) is 1. The Kier molecular flexibility index (Phi) is 5.74. The van der Waals surface area contributed by atoms with E-state index in [2.05, 4.69) is 5.32 Å². The second kappa shape index (κ2) is 8.45. The van der Waals surface area contributed by atoms with Gasteiger partial charge in [-0.1, -0.05) is 48.0 Å². The van der Waals surface area contributed by atoms with Crippen LogP contribution in [0.5, 0.6) is 0 Å². The largest absolute Gasteiger partial charge is 0.451 e. The lowest BCUT2D eigenvalue weighted by Crippen LogP contribution is -2.41. The Hall–Kier alpha value is -2.90. The average Bonchev–Trinajstić information content (AvgIpc) is 3.33. The molecule has 0 radical (unpaired) electrons. The minimum atomic E-state index is -0.950. The van der Waals surface area contributed by atoms with Crippen LogP contribution < -0.4 is 10.2 Å². The van der Waals surface area contributed by atoms with E-state index < -0.39 is 18.0 Å². The predicted octanol–water partition coefficient (Wildman–Crippen LogP) is 3.81. The van der Waals surface area contributed by atoms with Gasteiger partial charge < -0.3 is 15.0 Å². The van der Waals surface area contributed by atoms with Gasteiger partial charge in [0, 0.05) is 22.3 Å². The number of halogens is 1. The number of hydrogen-bond donors (Lipinski definition) is 1. The highest BCUT2D eigenvalue weighted by atomic mass is 35.5. The first kappa shape index (κ1) is 20.4. The summed E-state index contributed by atoms with van der Waals surface area (Å²) in [5.41, 5.74) is 1.94.